The van der Waals surface area contributed by atoms with Gasteiger partial charge in [-0.05, 0) is 25.2 Å². The Morgan fingerprint density at radius 3 is 2.57 bits per heavy atom. The molecular weight excluding hydrogens is 178 g/mol. The van der Waals surface area contributed by atoms with Gasteiger partial charge in [-0.3, -0.25) is 0 Å². The van der Waals surface area contributed by atoms with Crippen molar-refractivity contribution in [3.05, 3.63) is 0 Å². The van der Waals surface area contributed by atoms with Crippen LogP contribution in [-0.2, 0) is 4.74 Å². The quantitative estimate of drug-likeness (QED) is 0.641. The molecule has 1 spiro atoms. The molecule has 0 aromatic rings. The molecule has 0 unspecified atom stereocenters. The second-order valence-corrected chi connectivity index (χ2v) is 5.56. The van der Waals surface area contributed by atoms with E-state index in [1.165, 1.54) is 19.3 Å². The van der Waals surface area contributed by atoms with Crippen LogP contribution in [0.4, 0.5) is 4.79 Å². The number of hydrogen-bond donors (Lipinski definition) is 1. The van der Waals surface area contributed by atoms with Gasteiger partial charge in [-0.25, -0.2) is 4.79 Å². The first-order valence-electron chi connectivity index (χ1n) is 5.53. The summed E-state index contributed by atoms with van der Waals surface area (Å²) in [6, 6.07) is 0. The monoisotopic (exact) mass is 195 g/mol. The number of nitrogens with one attached hydrogen (secondary N) is 1. The van der Waals surface area contributed by atoms with E-state index >= 15 is 0 Å². The van der Waals surface area contributed by atoms with Gasteiger partial charge in [0.15, 0.2) is 0 Å². The molecule has 3 rings (SSSR count). The molecule has 1 aliphatic heterocycles. The molecule has 3 aliphatic rings. The molecule has 14 heavy (non-hydrogen) atoms. The Hall–Kier alpha value is -0.730. The van der Waals surface area contributed by atoms with Gasteiger partial charge < -0.3 is 10.1 Å². The molecule has 1 saturated heterocycles. The van der Waals surface area contributed by atoms with Crippen molar-refractivity contribution < 1.29 is 9.53 Å². The van der Waals surface area contributed by atoms with Crippen LogP contribution in [0.25, 0.3) is 0 Å². The molecule has 0 radical (unpaired) electrons. The minimum Gasteiger partial charge on any atom is -0.440 e. The van der Waals surface area contributed by atoms with E-state index < -0.39 is 0 Å². The molecule has 3 nitrogen and oxygen atoms in total. The number of ether oxygens (including phenoxy) is 1. The van der Waals surface area contributed by atoms with Crippen LogP contribution in [-0.4, -0.2) is 18.2 Å². The molecule has 0 aromatic heterocycles. The molecule has 3 fully saturated rings. The summed E-state index contributed by atoms with van der Waals surface area (Å²) < 4.78 is 5.61. The fraction of sp³-hybridized carbons (Fsp3) is 0.909. The fourth-order valence-corrected chi connectivity index (χ4v) is 3.96. The number of alkyl carbamates (subject to hydrolysis) is 1. The van der Waals surface area contributed by atoms with Crippen molar-refractivity contribution in [1.29, 1.82) is 0 Å². The Kier molecular flexibility index (Phi) is 1.38. The minimum atomic E-state index is -0.217. The Morgan fingerprint density at radius 2 is 2.07 bits per heavy atom. The Labute approximate surface area is 84.2 Å². The summed E-state index contributed by atoms with van der Waals surface area (Å²) in [5.74, 6) is 1.35. The van der Waals surface area contributed by atoms with Gasteiger partial charge in [-0.15, -0.1) is 0 Å². The standard InChI is InChI=1S/C11H17NO2/c1-10(2)7-3-4-8(5-7)11(10)6-12-9(13)14-11/h7-8H,3-6H2,1-2H3,(H,12,13)/t7-,8+,11-/m0/s1. The molecule has 78 valence electrons. The molecule has 1 heterocycles. The lowest BCUT2D eigenvalue weighted by Crippen LogP contribution is -2.52. The van der Waals surface area contributed by atoms with Crippen LogP contribution >= 0.6 is 0 Å². The van der Waals surface area contributed by atoms with Crippen molar-refractivity contribution in [2.75, 3.05) is 6.54 Å². The highest BCUT2D eigenvalue weighted by atomic mass is 16.6. The molecular formula is C11H17NO2. The largest absolute Gasteiger partial charge is 0.440 e. The molecule has 2 saturated carbocycles. The maximum atomic E-state index is 11.2. The number of rotatable bonds is 0. The van der Waals surface area contributed by atoms with Crippen molar-refractivity contribution in [3.63, 3.8) is 0 Å². The van der Waals surface area contributed by atoms with E-state index in [4.69, 9.17) is 4.74 Å². The second kappa shape index (κ2) is 2.26. The molecule has 1 N–H and O–H groups in total. The van der Waals surface area contributed by atoms with E-state index in [0.717, 1.165) is 12.5 Å². The average molecular weight is 195 g/mol. The first-order valence-corrected chi connectivity index (χ1v) is 5.53. The van der Waals surface area contributed by atoms with Crippen molar-refractivity contribution >= 4 is 6.09 Å². The van der Waals surface area contributed by atoms with Crippen LogP contribution in [0.2, 0.25) is 0 Å². The number of carbonyl (C=O) groups excluding carboxylic acids is 1. The summed E-state index contributed by atoms with van der Waals surface area (Å²) in [6.45, 7) is 5.24. The number of carbonyl (C=O) groups is 1. The Bertz CT molecular complexity index is 300. The maximum Gasteiger partial charge on any atom is 0.407 e. The van der Waals surface area contributed by atoms with Gasteiger partial charge in [0.25, 0.3) is 0 Å². The highest BCUT2D eigenvalue weighted by Crippen LogP contribution is 2.63. The lowest BCUT2D eigenvalue weighted by atomic mass is 9.65. The summed E-state index contributed by atoms with van der Waals surface area (Å²) >= 11 is 0. The topological polar surface area (TPSA) is 38.3 Å². The van der Waals surface area contributed by atoms with E-state index in [2.05, 4.69) is 19.2 Å². The summed E-state index contributed by atoms with van der Waals surface area (Å²) in [5.41, 5.74) is -0.0257. The van der Waals surface area contributed by atoms with Crippen molar-refractivity contribution in [3.8, 4) is 0 Å². The van der Waals surface area contributed by atoms with Crippen LogP contribution in [0.15, 0.2) is 0 Å². The lowest BCUT2D eigenvalue weighted by Gasteiger charge is -2.44. The van der Waals surface area contributed by atoms with Crippen LogP contribution in [0.1, 0.15) is 33.1 Å². The van der Waals surface area contributed by atoms with Gasteiger partial charge in [-0.2, -0.15) is 0 Å². The van der Waals surface area contributed by atoms with Crippen molar-refractivity contribution in [1.82, 2.24) is 5.32 Å². The summed E-state index contributed by atoms with van der Waals surface area (Å²) in [7, 11) is 0. The van der Waals surface area contributed by atoms with Crippen LogP contribution in [0.3, 0.4) is 0 Å². The number of hydrogen-bond acceptors (Lipinski definition) is 2. The molecule has 1 amide bonds. The lowest BCUT2D eigenvalue weighted by molar-refractivity contribution is -0.0786. The van der Waals surface area contributed by atoms with Crippen LogP contribution in [0.5, 0.6) is 0 Å². The first kappa shape index (κ1) is 8.57. The third-order valence-corrected chi connectivity index (χ3v) is 4.97. The van der Waals surface area contributed by atoms with Gasteiger partial charge in [0.2, 0.25) is 0 Å². The zero-order valence-corrected chi connectivity index (χ0v) is 8.80. The number of fused-ring (bicyclic) bond motifs is 3. The third-order valence-electron chi connectivity index (χ3n) is 4.97. The molecule has 3 heteroatoms. The minimum absolute atomic E-state index is 0.162. The van der Waals surface area contributed by atoms with Gasteiger partial charge in [-0.1, -0.05) is 13.8 Å². The summed E-state index contributed by atoms with van der Waals surface area (Å²) in [4.78, 5) is 11.2. The molecule has 2 aliphatic carbocycles. The molecule has 3 atom stereocenters. The van der Waals surface area contributed by atoms with Gasteiger partial charge >= 0.3 is 6.09 Å². The zero-order valence-electron chi connectivity index (χ0n) is 8.80. The van der Waals surface area contributed by atoms with Crippen molar-refractivity contribution in [2.45, 2.75) is 38.7 Å². The zero-order chi connectivity index (χ0) is 9.97. The van der Waals surface area contributed by atoms with Crippen LogP contribution < -0.4 is 5.32 Å². The Morgan fingerprint density at radius 1 is 1.36 bits per heavy atom. The summed E-state index contributed by atoms with van der Waals surface area (Å²) in [5, 5.41) is 2.83. The van der Waals surface area contributed by atoms with E-state index in [9.17, 15) is 4.79 Å². The smallest absolute Gasteiger partial charge is 0.407 e. The molecule has 0 aromatic carbocycles. The van der Waals surface area contributed by atoms with E-state index in [-0.39, 0.29) is 17.1 Å². The van der Waals surface area contributed by atoms with Gasteiger partial charge in [0, 0.05) is 11.3 Å². The first-order chi connectivity index (χ1) is 6.56. The normalized spacial score (nSPS) is 48.3. The van der Waals surface area contributed by atoms with E-state index in [1.54, 1.807) is 0 Å². The molecule has 2 bridgehead atoms. The van der Waals surface area contributed by atoms with Crippen molar-refractivity contribution in [2.24, 2.45) is 17.3 Å². The SMILES string of the molecule is CC1(C)[C@H]2CC[C@H](C2)[C@@]12CNC(=O)O2. The third kappa shape index (κ3) is 0.733. The Balaban J connectivity index is 2.02. The fourth-order valence-electron chi connectivity index (χ4n) is 3.96. The number of amides is 1. The van der Waals surface area contributed by atoms with Gasteiger partial charge in [0.1, 0.15) is 5.60 Å². The predicted octanol–water partition coefficient (Wildman–Crippen LogP) is 1.92. The highest BCUT2D eigenvalue weighted by Gasteiger charge is 2.67. The summed E-state index contributed by atoms with van der Waals surface area (Å²) in [6.07, 6.45) is 3.59. The maximum absolute atomic E-state index is 11.2. The average Bonchev–Trinajstić information content (AvgIpc) is 2.72. The highest BCUT2D eigenvalue weighted by molar-refractivity contribution is 5.70. The van der Waals surface area contributed by atoms with Gasteiger partial charge in [0.05, 0.1) is 6.54 Å². The second-order valence-electron chi connectivity index (χ2n) is 5.56. The van der Waals surface area contributed by atoms with E-state index in [1.807, 2.05) is 0 Å². The van der Waals surface area contributed by atoms with Crippen LogP contribution in [0, 0.1) is 17.3 Å². The predicted molar refractivity (Wildman–Crippen MR) is 51.8 cm³/mol. The van der Waals surface area contributed by atoms with E-state index in [0.29, 0.717) is 5.92 Å².